The number of carbonyl (C=O) groups is 4. The summed E-state index contributed by atoms with van der Waals surface area (Å²) in [5.74, 6) is 2.67. The van der Waals surface area contributed by atoms with Gasteiger partial charge < -0.3 is 43.4 Å². The molecular formula is C100H119FN18O16S4. The molecular weight excluding hydrogens is 1860 g/mol. The van der Waals surface area contributed by atoms with Gasteiger partial charge in [0, 0.05) is 135 Å². The van der Waals surface area contributed by atoms with Gasteiger partial charge in [0.25, 0.3) is 63.7 Å². The van der Waals surface area contributed by atoms with Crippen LogP contribution in [0.2, 0.25) is 0 Å². The maximum absolute atomic E-state index is 13.4. The predicted molar refractivity (Wildman–Crippen MR) is 526 cm³/mol. The topological polar surface area (TPSA) is 422 Å². The van der Waals surface area contributed by atoms with E-state index in [1.807, 2.05) is 35.2 Å². The fourth-order valence-corrected chi connectivity index (χ4v) is 22.7. The number of hydrogen-bond donors (Lipinski definition) is 4. The zero-order valence-corrected chi connectivity index (χ0v) is 83.4. The van der Waals surface area contributed by atoms with E-state index in [1.54, 1.807) is 110 Å². The number of nitrogens with one attached hydrogen (secondary N) is 4. The molecule has 6 aliphatic heterocycles. The molecule has 736 valence electrons. The number of ether oxygens (including phenoxy) is 4. The smallest absolute Gasteiger partial charge is 0.281 e. The average molecular weight is 1980 g/mol. The summed E-state index contributed by atoms with van der Waals surface area (Å²) in [4.78, 5) is 102. The maximum atomic E-state index is 13.4. The van der Waals surface area contributed by atoms with Gasteiger partial charge in [-0.15, -0.1) is 0 Å². The number of sulfonamides is 4. The highest BCUT2D eigenvalue weighted by atomic mass is 32.2. The monoisotopic (exact) mass is 1970 g/mol. The zero-order chi connectivity index (χ0) is 99.6. The summed E-state index contributed by atoms with van der Waals surface area (Å²) >= 11 is 0. The number of para-hydroxylation sites is 1. The standard InChI is InChI=1S/C27H27N5O4S.C25H34N4O5S.C24H25FN4O4S.C24H33N5O3S/c1-18-16-27(2,3)32(17-18)25-20(10-7-15-29-25)26(33)31-37(34,35)23-13-5-12-22(30-23)36-21-11-4-8-19-9-6-14-28-24(19)21;1-18-16-25(2,3)29(17-18)23-20(6-5-12-26-23)24(30)28-35(31,32)22-8-4-7-21(27-22)34-15-11-19-9-13-33-14-10-19;1-16-14-24(2,3)29(15-16)22-19(9-6-12-26-22)23(30)28-34(31,32)21-11-5-10-20(27-21)33-18-8-4-7-17(25)13-18;1-17-10-13-28(14-11-17)20-8-5-9-21(26-20)33(31,32)27-23(30)19-7-6-12-25-22(19)29-16-18(2)15-24(29,3)4/h4-15,18H,16-17H2,1-3H3,(H,31,33);4-8,12,18-19H,9-11,13-17H2,1-3H3,(H,28,30);4-13,16H,14-15H2,1-3H3,(H,28,30);5-9,12,17-18H,10-11,13-16H2,1-4H3,(H,27,30). The molecule has 9 aromatic heterocycles. The first-order valence-electron chi connectivity index (χ1n) is 46.4. The lowest BCUT2D eigenvalue weighted by Gasteiger charge is -2.33. The van der Waals surface area contributed by atoms with E-state index in [2.05, 4.69) is 173 Å². The Labute approximate surface area is 811 Å². The number of aromatic nitrogens is 9. The lowest BCUT2D eigenvalue weighted by atomic mass is 9.97. The van der Waals surface area contributed by atoms with Crippen LogP contribution >= 0.6 is 0 Å². The Morgan fingerprint density at radius 3 is 1.14 bits per heavy atom. The molecule has 6 saturated heterocycles. The minimum Gasteiger partial charge on any atom is -0.478 e. The predicted octanol–water partition coefficient (Wildman–Crippen LogP) is 15.6. The largest absolute Gasteiger partial charge is 0.478 e. The highest BCUT2D eigenvalue weighted by molar-refractivity contribution is 7.90. The molecule has 4 amide bonds. The van der Waals surface area contributed by atoms with Crippen molar-refractivity contribution in [3.63, 3.8) is 0 Å². The van der Waals surface area contributed by atoms with Crippen LogP contribution in [0.15, 0.2) is 227 Å². The van der Waals surface area contributed by atoms with Crippen LogP contribution in [-0.4, -0.2) is 183 Å². The van der Waals surface area contributed by atoms with E-state index in [0.717, 1.165) is 115 Å². The Morgan fingerprint density at radius 2 is 0.741 bits per heavy atom. The second kappa shape index (κ2) is 42.8. The van der Waals surface area contributed by atoms with E-state index >= 15 is 0 Å². The Kier molecular flexibility index (Phi) is 31.4. The van der Waals surface area contributed by atoms with Crippen LogP contribution in [0.3, 0.4) is 0 Å². The molecule has 6 aliphatic rings. The van der Waals surface area contributed by atoms with E-state index < -0.39 is 74.6 Å². The zero-order valence-electron chi connectivity index (χ0n) is 80.1. The number of pyridine rings is 9. The van der Waals surface area contributed by atoms with Gasteiger partial charge in [-0.05, 0) is 252 Å². The highest BCUT2D eigenvalue weighted by Crippen LogP contribution is 2.43. The number of hydrogen-bond acceptors (Lipinski definition) is 30. The lowest BCUT2D eigenvalue weighted by Crippen LogP contribution is -2.41. The Bertz CT molecular complexity index is 6790. The molecule has 0 bridgehead atoms. The molecule has 0 radical (unpaired) electrons. The number of nitrogens with zero attached hydrogens (tertiary/aromatic N) is 14. The first kappa shape index (κ1) is 102. The van der Waals surface area contributed by atoms with Crippen LogP contribution in [0.5, 0.6) is 29.1 Å². The van der Waals surface area contributed by atoms with Gasteiger partial charge in [-0.25, -0.2) is 48.2 Å². The summed E-state index contributed by atoms with van der Waals surface area (Å²) in [7, 11) is -17.0. The van der Waals surface area contributed by atoms with Crippen molar-refractivity contribution >= 4 is 104 Å². The normalized spacial score (nSPS) is 19.0. The average Bonchev–Trinajstić information content (AvgIpc) is 1.65. The quantitative estimate of drug-likeness (QED) is 0.0413. The minimum absolute atomic E-state index is 0.0587. The SMILES string of the molecule is CC1CCN(c2cccc(S(=O)(=O)NC(=O)c3cccnc3N3CC(C)CC3(C)C)n2)CC1.CC1CN(c2ncccc2C(=O)NS(=O)(=O)c2cccc(OCCC3CCOCC3)n2)C(C)(C)C1.CC1CN(c2ncccc2C(=O)NS(=O)(=O)c2cccc(Oc3cccc(F)c3)n2)C(C)(C)C1.CC1CN(c2ncccc2C(=O)NS(=O)(=O)c2cccc(Oc3cccc4cccnc34)n2)C(C)(C)C1. The van der Waals surface area contributed by atoms with Gasteiger partial charge in [-0.1, -0.05) is 83.1 Å². The molecule has 39 heteroatoms. The van der Waals surface area contributed by atoms with Crippen LogP contribution in [0.25, 0.3) is 10.9 Å². The number of anilines is 5. The second-order valence-electron chi connectivity index (χ2n) is 38.8. The summed E-state index contributed by atoms with van der Waals surface area (Å²) in [5, 5.41) is -0.302. The molecule has 2 aromatic carbocycles. The third-order valence-electron chi connectivity index (χ3n) is 25.3. The molecule has 0 aliphatic carbocycles. The molecule has 11 aromatic rings. The number of carbonyl (C=O) groups excluding carboxylic acids is 4. The number of amides is 4. The van der Waals surface area contributed by atoms with Crippen molar-refractivity contribution in [3.05, 3.63) is 235 Å². The van der Waals surface area contributed by atoms with Crippen molar-refractivity contribution in [1.82, 2.24) is 63.7 Å². The molecule has 17 rings (SSSR count). The second-order valence-corrected chi connectivity index (χ2v) is 45.3. The van der Waals surface area contributed by atoms with Crippen LogP contribution in [0.4, 0.5) is 33.5 Å². The molecule has 0 saturated carbocycles. The molecule has 4 N–H and O–H groups in total. The van der Waals surface area contributed by atoms with Crippen molar-refractivity contribution < 1.29 is 76.2 Å². The Hall–Kier alpha value is -13.0. The van der Waals surface area contributed by atoms with E-state index in [-0.39, 0.29) is 82.9 Å². The first-order valence-corrected chi connectivity index (χ1v) is 52.3. The fraction of sp³-hybridized carbons (Fsp3) is 0.410. The number of halogens is 1. The van der Waals surface area contributed by atoms with E-state index in [9.17, 15) is 57.2 Å². The van der Waals surface area contributed by atoms with Crippen LogP contribution < -0.4 is 57.6 Å². The molecule has 139 heavy (non-hydrogen) atoms. The van der Waals surface area contributed by atoms with Crippen molar-refractivity contribution in [3.8, 4) is 29.1 Å². The lowest BCUT2D eigenvalue weighted by molar-refractivity contribution is 0.0591. The summed E-state index contributed by atoms with van der Waals surface area (Å²) in [6.07, 6.45) is 16.8. The molecule has 0 spiro atoms. The number of rotatable bonds is 25. The van der Waals surface area contributed by atoms with Crippen molar-refractivity contribution in [2.75, 3.05) is 83.6 Å². The number of benzene rings is 2. The van der Waals surface area contributed by atoms with Gasteiger partial charge in [0.05, 0.1) is 28.9 Å². The molecule has 4 atom stereocenters. The van der Waals surface area contributed by atoms with Gasteiger partial charge in [-0.2, -0.15) is 48.6 Å². The minimum atomic E-state index is -4.32. The van der Waals surface area contributed by atoms with E-state index in [4.69, 9.17) is 18.9 Å². The third-order valence-corrected chi connectivity index (χ3v) is 30.2. The fourth-order valence-electron chi connectivity index (χ4n) is 19.0. The number of piperidine rings is 1. The molecule has 34 nitrogen and oxygen atoms in total. The first-order chi connectivity index (χ1) is 65.9. The van der Waals surface area contributed by atoms with Gasteiger partial charge >= 0.3 is 0 Å². The number of fused-ring (bicyclic) bond motifs is 1. The van der Waals surface area contributed by atoms with Crippen LogP contribution in [0, 0.1) is 41.3 Å². The molecule has 4 unspecified atom stereocenters. The third kappa shape index (κ3) is 25.2. The molecule has 15 heterocycles. The highest BCUT2D eigenvalue weighted by Gasteiger charge is 2.44. The summed E-state index contributed by atoms with van der Waals surface area (Å²) in [6.45, 7) is 34.1. The van der Waals surface area contributed by atoms with Crippen LogP contribution in [-0.2, 0) is 44.8 Å². The molecule has 6 fully saturated rings. The van der Waals surface area contributed by atoms with E-state index in [1.165, 1.54) is 60.7 Å². The van der Waals surface area contributed by atoms with Gasteiger partial charge in [0.2, 0.25) is 17.6 Å². The Balaban J connectivity index is 0.000000148. The Morgan fingerprint density at radius 1 is 0.396 bits per heavy atom. The van der Waals surface area contributed by atoms with Gasteiger partial charge in [0.1, 0.15) is 46.2 Å². The summed E-state index contributed by atoms with van der Waals surface area (Å²) in [6, 6.07) is 45.2. The van der Waals surface area contributed by atoms with E-state index in [0.29, 0.717) is 89.0 Å². The van der Waals surface area contributed by atoms with Crippen LogP contribution in [0.1, 0.15) is 189 Å². The van der Waals surface area contributed by atoms with Crippen molar-refractivity contribution in [2.45, 2.75) is 190 Å². The maximum Gasteiger partial charge on any atom is 0.281 e. The van der Waals surface area contributed by atoms with Gasteiger partial charge in [0.15, 0.2) is 25.9 Å². The van der Waals surface area contributed by atoms with Crippen molar-refractivity contribution in [1.29, 1.82) is 0 Å². The van der Waals surface area contributed by atoms with Gasteiger partial charge in [-0.3, -0.25) is 24.2 Å². The summed E-state index contributed by atoms with van der Waals surface area (Å²) in [5.41, 5.74) is 0.589. The summed E-state index contributed by atoms with van der Waals surface area (Å²) < 4.78 is 149. The van der Waals surface area contributed by atoms with Crippen molar-refractivity contribution in [2.24, 2.45) is 35.5 Å².